The molecule has 0 bridgehead atoms. The van der Waals surface area contributed by atoms with Crippen LogP contribution in [0.3, 0.4) is 0 Å². The van der Waals surface area contributed by atoms with Gasteiger partial charge in [0.25, 0.3) is 0 Å². The molecule has 1 aromatic rings. The number of aromatic nitrogens is 2. The van der Waals surface area contributed by atoms with E-state index in [9.17, 15) is 4.79 Å². The first-order valence-electron chi connectivity index (χ1n) is 6.07. The van der Waals surface area contributed by atoms with Crippen LogP contribution in [0, 0.1) is 13.8 Å². The van der Waals surface area contributed by atoms with E-state index in [1.807, 2.05) is 11.8 Å². The molecule has 0 aromatic carbocycles. The van der Waals surface area contributed by atoms with Crippen molar-refractivity contribution in [2.45, 2.75) is 39.2 Å². The molecule has 0 saturated carbocycles. The van der Waals surface area contributed by atoms with E-state index < -0.39 is 0 Å². The van der Waals surface area contributed by atoms with E-state index in [-0.39, 0.29) is 11.9 Å². The first-order valence-corrected chi connectivity index (χ1v) is 6.45. The Morgan fingerprint density at radius 1 is 1.39 bits per heavy atom. The number of carbonyl (C=O) groups excluding carboxylic acids is 1. The highest BCUT2D eigenvalue weighted by Gasteiger charge is 2.29. The quantitative estimate of drug-likeness (QED) is 0.827. The van der Waals surface area contributed by atoms with Crippen molar-refractivity contribution in [2.24, 2.45) is 5.73 Å². The van der Waals surface area contributed by atoms with Crippen molar-refractivity contribution >= 4 is 23.3 Å². The number of primary amides is 1. The maximum absolute atomic E-state index is 11.5. The van der Waals surface area contributed by atoms with Gasteiger partial charge in [0.1, 0.15) is 22.8 Å². The Balaban J connectivity index is 2.42. The maximum atomic E-state index is 11.5. The van der Waals surface area contributed by atoms with Gasteiger partial charge in [0.2, 0.25) is 5.91 Å². The van der Waals surface area contributed by atoms with Crippen LogP contribution in [0.2, 0.25) is 5.15 Å². The van der Waals surface area contributed by atoms with Crippen molar-refractivity contribution in [3.8, 4) is 0 Å². The van der Waals surface area contributed by atoms with Gasteiger partial charge in [0.15, 0.2) is 0 Å². The molecule has 1 amide bonds. The topological polar surface area (TPSA) is 72.1 Å². The van der Waals surface area contributed by atoms with Crippen LogP contribution in [-0.2, 0) is 4.79 Å². The molecule has 98 valence electrons. The molecule has 1 aliphatic rings. The molecule has 1 saturated heterocycles. The number of piperidine rings is 1. The molecular formula is C12H17ClN4O. The van der Waals surface area contributed by atoms with E-state index in [2.05, 4.69) is 9.97 Å². The second-order valence-electron chi connectivity index (χ2n) is 4.62. The summed E-state index contributed by atoms with van der Waals surface area (Å²) in [5.41, 5.74) is 6.27. The zero-order chi connectivity index (χ0) is 13.3. The number of amides is 1. The zero-order valence-electron chi connectivity index (χ0n) is 10.6. The summed E-state index contributed by atoms with van der Waals surface area (Å²) in [7, 11) is 0. The molecule has 2 N–H and O–H groups in total. The summed E-state index contributed by atoms with van der Waals surface area (Å²) in [6.45, 7) is 4.43. The third-order valence-electron chi connectivity index (χ3n) is 3.28. The predicted octanol–water partition coefficient (Wildman–Crippen LogP) is 1.59. The second kappa shape index (κ2) is 5.10. The molecule has 18 heavy (non-hydrogen) atoms. The third-order valence-corrected chi connectivity index (χ3v) is 3.64. The average Bonchev–Trinajstić information content (AvgIpc) is 2.33. The number of hydrogen-bond acceptors (Lipinski definition) is 4. The number of carbonyl (C=O) groups is 1. The summed E-state index contributed by atoms with van der Waals surface area (Å²) in [5.74, 6) is 1.03. The smallest absolute Gasteiger partial charge is 0.240 e. The van der Waals surface area contributed by atoms with Crippen LogP contribution < -0.4 is 10.6 Å². The second-order valence-corrected chi connectivity index (χ2v) is 4.98. The standard InChI is InChI=1S/C12H17ClN4O/c1-7-10(13)15-8(2)16-12(7)17-6-4-3-5-9(17)11(14)18/h9H,3-6H2,1-2H3,(H2,14,18). The van der Waals surface area contributed by atoms with Gasteiger partial charge < -0.3 is 10.6 Å². The largest absolute Gasteiger partial charge is 0.368 e. The first-order chi connectivity index (χ1) is 8.50. The number of nitrogens with zero attached hydrogens (tertiary/aromatic N) is 3. The third kappa shape index (κ3) is 2.41. The van der Waals surface area contributed by atoms with Crippen molar-refractivity contribution in [1.82, 2.24) is 9.97 Å². The Labute approximate surface area is 111 Å². The van der Waals surface area contributed by atoms with Crippen LogP contribution in [0.4, 0.5) is 5.82 Å². The summed E-state index contributed by atoms with van der Waals surface area (Å²) in [6.07, 6.45) is 2.82. The summed E-state index contributed by atoms with van der Waals surface area (Å²) >= 11 is 6.07. The van der Waals surface area contributed by atoms with Gasteiger partial charge >= 0.3 is 0 Å². The molecule has 2 rings (SSSR count). The van der Waals surface area contributed by atoms with Gasteiger partial charge in [0.05, 0.1) is 0 Å². The van der Waals surface area contributed by atoms with Gasteiger partial charge in [-0.05, 0) is 33.1 Å². The van der Waals surface area contributed by atoms with Crippen molar-refractivity contribution in [3.05, 3.63) is 16.5 Å². The van der Waals surface area contributed by atoms with Gasteiger partial charge in [-0.15, -0.1) is 0 Å². The minimum atomic E-state index is -0.304. The molecule has 5 nitrogen and oxygen atoms in total. The monoisotopic (exact) mass is 268 g/mol. The van der Waals surface area contributed by atoms with Crippen molar-refractivity contribution < 1.29 is 4.79 Å². The SMILES string of the molecule is Cc1nc(Cl)c(C)c(N2CCCCC2C(N)=O)n1. The molecule has 2 heterocycles. The van der Waals surface area contributed by atoms with E-state index in [0.29, 0.717) is 11.0 Å². The lowest BCUT2D eigenvalue weighted by Crippen LogP contribution is -2.48. The number of halogens is 1. The fourth-order valence-electron chi connectivity index (χ4n) is 2.34. The van der Waals surface area contributed by atoms with Gasteiger partial charge in [-0.25, -0.2) is 9.97 Å². The normalized spacial score (nSPS) is 19.9. The summed E-state index contributed by atoms with van der Waals surface area (Å²) in [6, 6.07) is -0.289. The van der Waals surface area contributed by atoms with E-state index in [0.717, 1.165) is 37.2 Å². The highest BCUT2D eigenvalue weighted by Crippen LogP contribution is 2.28. The number of nitrogens with two attached hydrogens (primary N) is 1. The Kier molecular flexibility index (Phi) is 3.71. The Bertz CT molecular complexity index is 477. The first kappa shape index (κ1) is 13.1. The zero-order valence-corrected chi connectivity index (χ0v) is 11.4. The molecule has 1 aromatic heterocycles. The summed E-state index contributed by atoms with van der Waals surface area (Å²) in [5, 5.41) is 0.436. The highest BCUT2D eigenvalue weighted by atomic mass is 35.5. The van der Waals surface area contributed by atoms with Gasteiger partial charge in [-0.3, -0.25) is 4.79 Å². The Hall–Kier alpha value is -1.36. The van der Waals surface area contributed by atoms with Crippen LogP contribution in [0.1, 0.15) is 30.7 Å². The van der Waals surface area contributed by atoms with E-state index in [4.69, 9.17) is 17.3 Å². The minimum Gasteiger partial charge on any atom is -0.368 e. The van der Waals surface area contributed by atoms with Crippen LogP contribution in [-0.4, -0.2) is 28.5 Å². The van der Waals surface area contributed by atoms with Crippen molar-refractivity contribution in [2.75, 3.05) is 11.4 Å². The fourth-order valence-corrected chi connectivity index (χ4v) is 2.55. The Morgan fingerprint density at radius 3 is 2.78 bits per heavy atom. The molecule has 0 spiro atoms. The molecule has 0 radical (unpaired) electrons. The van der Waals surface area contributed by atoms with Gasteiger partial charge in [0, 0.05) is 12.1 Å². The molecule has 1 atom stereocenters. The molecule has 0 aliphatic carbocycles. The van der Waals surface area contributed by atoms with Gasteiger partial charge in [-0.2, -0.15) is 0 Å². The molecule has 1 unspecified atom stereocenters. The lowest BCUT2D eigenvalue weighted by atomic mass is 10.0. The van der Waals surface area contributed by atoms with Crippen molar-refractivity contribution in [1.29, 1.82) is 0 Å². The lowest BCUT2D eigenvalue weighted by Gasteiger charge is -2.35. The summed E-state index contributed by atoms with van der Waals surface area (Å²) in [4.78, 5) is 22.0. The van der Waals surface area contributed by atoms with Crippen LogP contribution in [0.25, 0.3) is 0 Å². The lowest BCUT2D eigenvalue weighted by molar-refractivity contribution is -0.119. The van der Waals surface area contributed by atoms with E-state index in [1.165, 1.54) is 0 Å². The molecule has 1 aliphatic heterocycles. The number of aryl methyl sites for hydroxylation is 1. The Morgan fingerprint density at radius 2 is 2.11 bits per heavy atom. The molecular weight excluding hydrogens is 252 g/mol. The fraction of sp³-hybridized carbons (Fsp3) is 0.583. The molecule has 6 heteroatoms. The number of anilines is 1. The number of hydrogen-bond donors (Lipinski definition) is 1. The van der Waals surface area contributed by atoms with E-state index in [1.54, 1.807) is 6.92 Å². The van der Waals surface area contributed by atoms with Crippen LogP contribution >= 0.6 is 11.6 Å². The molecule has 1 fully saturated rings. The van der Waals surface area contributed by atoms with Crippen LogP contribution in [0.5, 0.6) is 0 Å². The predicted molar refractivity (Wildman–Crippen MR) is 70.7 cm³/mol. The maximum Gasteiger partial charge on any atom is 0.240 e. The van der Waals surface area contributed by atoms with Gasteiger partial charge in [-0.1, -0.05) is 11.6 Å². The van der Waals surface area contributed by atoms with Crippen molar-refractivity contribution in [3.63, 3.8) is 0 Å². The van der Waals surface area contributed by atoms with E-state index >= 15 is 0 Å². The van der Waals surface area contributed by atoms with Crippen LogP contribution in [0.15, 0.2) is 0 Å². The highest BCUT2D eigenvalue weighted by molar-refractivity contribution is 6.30. The summed E-state index contributed by atoms with van der Waals surface area (Å²) < 4.78 is 0. The average molecular weight is 269 g/mol. The number of rotatable bonds is 2. The minimum absolute atomic E-state index is 0.289.